The zero-order valence-corrected chi connectivity index (χ0v) is 11.4. The molecule has 0 saturated heterocycles. The fraction of sp³-hybridized carbons (Fsp3) is 0.333. The maximum absolute atomic E-state index is 12.6. The number of nitrogens with zero attached hydrogens (tertiary/aromatic N) is 3. The molecule has 1 amide bonds. The lowest BCUT2D eigenvalue weighted by Crippen LogP contribution is -2.34. The van der Waals surface area contributed by atoms with E-state index in [2.05, 4.69) is 4.98 Å². The lowest BCUT2D eigenvalue weighted by atomic mass is 10.1. The van der Waals surface area contributed by atoms with E-state index in [1.807, 2.05) is 6.07 Å². The van der Waals surface area contributed by atoms with Gasteiger partial charge in [0.1, 0.15) is 0 Å². The van der Waals surface area contributed by atoms with Gasteiger partial charge in [0.25, 0.3) is 5.91 Å². The highest BCUT2D eigenvalue weighted by molar-refractivity contribution is 5.99. The highest BCUT2D eigenvalue weighted by atomic mass is 16.4. The van der Waals surface area contributed by atoms with Crippen LogP contribution in [0.25, 0.3) is 6.08 Å². The topological polar surface area (TPSA) is 94.3 Å². The Bertz CT molecular complexity index is 615. The molecule has 1 aliphatic rings. The van der Waals surface area contributed by atoms with Crippen LogP contribution >= 0.6 is 0 Å². The van der Waals surface area contributed by atoms with Crippen LogP contribution in [-0.4, -0.2) is 39.5 Å². The average molecular weight is 285 g/mol. The molecule has 108 valence electrons. The molecule has 0 aliphatic heterocycles. The lowest BCUT2D eigenvalue weighted by Gasteiger charge is -2.22. The number of carboxylic acids is 1. The van der Waals surface area contributed by atoms with Crippen LogP contribution in [0.2, 0.25) is 0 Å². The highest BCUT2D eigenvalue weighted by Crippen LogP contribution is 2.29. The van der Waals surface area contributed by atoms with Crippen molar-refractivity contribution in [1.82, 2.24) is 9.88 Å². The Hall–Kier alpha value is -2.68. The molecule has 1 aromatic heterocycles. The first kappa shape index (κ1) is 14.7. The summed E-state index contributed by atoms with van der Waals surface area (Å²) in [6.07, 6.45) is 7.48. The summed E-state index contributed by atoms with van der Waals surface area (Å²) >= 11 is 0. The molecule has 1 heterocycles. The molecular formula is C15H15N3O3. The molecule has 0 bridgehead atoms. The van der Waals surface area contributed by atoms with Gasteiger partial charge in [-0.05, 0) is 25.0 Å². The predicted molar refractivity (Wildman–Crippen MR) is 75.2 cm³/mol. The smallest absolute Gasteiger partial charge is 0.328 e. The maximum atomic E-state index is 12.6. The minimum absolute atomic E-state index is 0.180. The summed E-state index contributed by atoms with van der Waals surface area (Å²) in [4.78, 5) is 28.8. The van der Waals surface area contributed by atoms with Gasteiger partial charge >= 0.3 is 5.97 Å². The molecule has 21 heavy (non-hydrogen) atoms. The van der Waals surface area contributed by atoms with E-state index in [0.717, 1.165) is 18.9 Å². The fourth-order valence-electron chi connectivity index (χ4n) is 2.06. The van der Waals surface area contributed by atoms with E-state index in [-0.39, 0.29) is 18.4 Å². The van der Waals surface area contributed by atoms with Crippen LogP contribution in [0.3, 0.4) is 0 Å². The molecule has 1 N–H and O–H groups in total. The molecule has 1 aromatic rings. The molecule has 1 aliphatic carbocycles. The third-order valence-corrected chi connectivity index (χ3v) is 3.20. The molecule has 2 rings (SSSR count). The van der Waals surface area contributed by atoms with E-state index in [9.17, 15) is 9.59 Å². The third kappa shape index (κ3) is 3.89. The molecular weight excluding hydrogens is 270 g/mol. The number of carbonyl (C=O) groups is 2. The number of carboxylic acid groups (broad SMARTS) is 1. The van der Waals surface area contributed by atoms with Gasteiger partial charge in [-0.25, -0.2) is 4.79 Å². The molecule has 6 nitrogen and oxygen atoms in total. The summed E-state index contributed by atoms with van der Waals surface area (Å²) in [5.74, 6) is -1.26. The first-order chi connectivity index (χ1) is 10.1. The monoisotopic (exact) mass is 285 g/mol. The van der Waals surface area contributed by atoms with Gasteiger partial charge in [0, 0.05) is 42.2 Å². The summed E-state index contributed by atoms with van der Waals surface area (Å²) in [5.41, 5.74) is 0.875. The van der Waals surface area contributed by atoms with E-state index >= 15 is 0 Å². The van der Waals surface area contributed by atoms with Crippen LogP contribution in [0.15, 0.2) is 24.5 Å². The van der Waals surface area contributed by atoms with E-state index in [0.29, 0.717) is 17.7 Å². The molecule has 0 radical (unpaired) electrons. The predicted octanol–water partition coefficient (Wildman–Crippen LogP) is 1.70. The number of aromatic nitrogens is 1. The average Bonchev–Trinajstić information content (AvgIpc) is 3.30. The van der Waals surface area contributed by atoms with Crippen LogP contribution in [0.5, 0.6) is 0 Å². The van der Waals surface area contributed by atoms with Crippen LogP contribution in [-0.2, 0) is 4.79 Å². The van der Waals surface area contributed by atoms with Crippen LogP contribution in [0.1, 0.15) is 35.2 Å². The maximum Gasteiger partial charge on any atom is 0.328 e. The molecule has 1 fully saturated rings. The van der Waals surface area contributed by atoms with Crippen LogP contribution < -0.4 is 0 Å². The number of aliphatic carboxylic acids is 1. The summed E-state index contributed by atoms with van der Waals surface area (Å²) < 4.78 is 0. The van der Waals surface area contributed by atoms with Gasteiger partial charge in [0.2, 0.25) is 0 Å². The van der Waals surface area contributed by atoms with E-state index in [1.54, 1.807) is 11.0 Å². The van der Waals surface area contributed by atoms with Crippen molar-refractivity contribution < 1.29 is 14.7 Å². The lowest BCUT2D eigenvalue weighted by molar-refractivity contribution is -0.131. The number of hydrogen-bond donors (Lipinski definition) is 1. The molecule has 0 aromatic carbocycles. The third-order valence-electron chi connectivity index (χ3n) is 3.20. The van der Waals surface area contributed by atoms with Crippen molar-refractivity contribution in [2.24, 2.45) is 0 Å². The first-order valence-corrected chi connectivity index (χ1v) is 6.66. The van der Waals surface area contributed by atoms with Crippen molar-refractivity contribution in [3.8, 4) is 6.07 Å². The summed E-state index contributed by atoms with van der Waals surface area (Å²) in [6, 6.07) is 3.81. The zero-order chi connectivity index (χ0) is 15.2. The second-order valence-electron chi connectivity index (χ2n) is 4.77. The number of rotatable bonds is 6. The van der Waals surface area contributed by atoms with Crippen molar-refractivity contribution in [3.05, 3.63) is 35.7 Å². The minimum atomic E-state index is -1.08. The minimum Gasteiger partial charge on any atom is -0.478 e. The van der Waals surface area contributed by atoms with Gasteiger partial charge < -0.3 is 10.0 Å². The molecule has 0 atom stereocenters. The molecule has 6 heteroatoms. The Morgan fingerprint density at radius 1 is 1.52 bits per heavy atom. The fourth-order valence-corrected chi connectivity index (χ4v) is 2.06. The number of amides is 1. The first-order valence-electron chi connectivity index (χ1n) is 6.66. The molecule has 0 spiro atoms. The van der Waals surface area contributed by atoms with Crippen molar-refractivity contribution in [3.63, 3.8) is 0 Å². The summed E-state index contributed by atoms with van der Waals surface area (Å²) in [7, 11) is 0. The van der Waals surface area contributed by atoms with Crippen molar-refractivity contribution in [1.29, 1.82) is 5.26 Å². The van der Waals surface area contributed by atoms with E-state index < -0.39 is 5.97 Å². The zero-order valence-electron chi connectivity index (χ0n) is 11.4. The van der Waals surface area contributed by atoms with Gasteiger partial charge in [-0.1, -0.05) is 0 Å². The number of carbonyl (C=O) groups excluding carboxylic acids is 1. The Labute approximate surface area is 122 Å². The van der Waals surface area contributed by atoms with Gasteiger partial charge in [0.05, 0.1) is 12.5 Å². The second kappa shape index (κ2) is 6.66. The van der Waals surface area contributed by atoms with E-state index in [1.165, 1.54) is 18.5 Å². The number of nitriles is 1. The van der Waals surface area contributed by atoms with Gasteiger partial charge in [-0.2, -0.15) is 5.26 Å². The Morgan fingerprint density at radius 2 is 2.29 bits per heavy atom. The van der Waals surface area contributed by atoms with E-state index in [4.69, 9.17) is 10.4 Å². The Morgan fingerprint density at radius 3 is 2.90 bits per heavy atom. The van der Waals surface area contributed by atoms with Gasteiger partial charge in [-0.15, -0.1) is 0 Å². The Kier molecular flexibility index (Phi) is 4.67. The van der Waals surface area contributed by atoms with Crippen molar-refractivity contribution in [2.75, 3.05) is 6.54 Å². The largest absolute Gasteiger partial charge is 0.478 e. The van der Waals surface area contributed by atoms with Crippen molar-refractivity contribution in [2.45, 2.75) is 25.3 Å². The SMILES string of the molecule is N#CCCN(C(=O)c1ccncc1C=CC(=O)O)C1CC1. The van der Waals surface area contributed by atoms with Crippen molar-refractivity contribution >= 4 is 18.0 Å². The summed E-state index contributed by atoms with van der Waals surface area (Å²) in [5, 5.41) is 17.4. The number of pyridine rings is 1. The molecule has 1 saturated carbocycles. The van der Waals surface area contributed by atoms with Gasteiger partial charge in [0.15, 0.2) is 0 Å². The standard InChI is InChI=1S/C15H15N3O3/c16-7-1-9-18(12-3-4-12)15(21)13-6-8-17-10-11(13)2-5-14(19)20/h2,5-6,8,10,12H,1,3-4,9H2,(H,19,20). The van der Waals surface area contributed by atoms with Crippen LogP contribution in [0.4, 0.5) is 0 Å². The molecule has 0 unspecified atom stereocenters. The highest BCUT2D eigenvalue weighted by Gasteiger charge is 2.33. The van der Waals surface area contributed by atoms with Crippen LogP contribution in [0, 0.1) is 11.3 Å². The normalized spacial score (nSPS) is 13.9. The number of hydrogen-bond acceptors (Lipinski definition) is 4. The second-order valence-corrected chi connectivity index (χ2v) is 4.77. The van der Waals surface area contributed by atoms with Gasteiger partial charge in [-0.3, -0.25) is 9.78 Å². The summed E-state index contributed by atoms with van der Waals surface area (Å²) in [6.45, 7) is 0.393. The quantitative estimate of drug-likeness (QED) is 0.803. The Balaban J connectivity index is 2.25.